The van der Waals surface area contributed by atoms with Gasteiger partial charge in [0, 0.05) is 0 Å². The Balaban J connectivity index is 3.98. The molecule has 0 unspecified atom stereocenters. The van der Waals surface area contributed by atoms with E-state index in [0.717, 1.165) is 6.42 Å². The fourth-order valence-corrected chi connectivity index (χ4v) is 1.10. The Bertz CT molecular complexity index is 235. The number of hydrogen-bond acceptors (Lipinski definition) is 5. The van der Waals surface area contributed by atoms with Crippen LogP contribution in [0.15, 0.2) is 0 Å². The molecule has 1 amide bonds. The molecule has 0 aromatic rings. The predicted molar refractivity (Wildman–Crippen MR) is 57.5 cm³/mol. The van der Waals surface area contributed by atoms with Crippen LogP contribution in [0, 0.1) is 0 Å². The highest BCUT2D eigenvalue weighted by molar-refractivity contribution is 5.86. The summed E-state index contributed by atoms with van der Waals surface area (Å²) in [6.07, 6.45) is 1.92. The molecule has 0 spiro atoms. The van der Waals surface area contributed by atoms with Crippen molar-refractivity contribution in [2.24, 2.45) is 11.5 Å². The van der Waals surface area contributed by atoms with E-state index >= 15 is 0 Å². The van der Waals surface area contributed by atoms with E-state index in [0.29, 0.717) is 19.4 Å². The van der Waals surface area contributed by atoms with E-state index in [1.165, 1.54) is 0 Å². The van der Waals surface area contributed by atoms with Gasteiger partial charge in [0.25, 0.3) is 0 Å². The summed E-state index contributed by atoms with van der Waals surface area (Å²) in [7, 11) is 0. The van der Waals surface area contributed by atoms with E-state index in [4.69, 9.17) is 21.7 Å². The summed E-state index contributed by atoms with van der Waals surface area (Å²) in [4.78, 5) is 21.9. The first-order valence-corrected chi connectivity index (χ1v) is 5.12. The van der Waals surface area contributed by atoms with Gasteiger partial charge in [-0.05, 0) is 19.4 Å². The molecule has 0 bridgehead atoms. The smallest absolute Gasteiger partial charge is 0.328 e. The van der Waals surface area contributed by atoms with Gasteiger partial charge in [-0.15, -0.1) is 0 Å². The van der Waals surface area contributed by atoms with Gasteiger partial charge < -0.3 is 27.0 Å². The lowest BCUT2D eigenvalue weighted by molar-refractivity contribution is -0.143. The average molecular weight is 233 g/mol. The second-order valence-electron chi connectivity index (χ2n) is 3.47. The topological polar surface area (TPSA) is 139 Å². The summed E-state index contributed by atoms with van der Waals surface area (Å²) in [6.45, 7) is -0.126. The summed E-state index contributed by atoms with van der Waals surface area (Å²) in [5, 5.41) is 19.4. The maximum atomic E-state index is 11.4. The van der Waals surface area contributed by atoms with Crippen molar-refractivity contribution in [1.82, 2.24) is 5.32 Å². The highest BCUT2D eigenvalue weighted by Gasteiger charge is 2.21. The molecule has 0 aliphatic carbocycles. The number of amides is 1. The lowest BCUT2D eigenvalue weighted by atomic mass is 10.1. The van der Waals surface area contributed by atoms with E-state index in [9.17, 15) is 9.59 Å². The molecule has 0 aliphatic heterocycles. The summed E-state index contributed by atoms with van der Waals surface area (Å²) < 4.78 is 0. The number of carbonyl (C=O) groups is 2. The van der Waals surface area contributed by atoms with E-state index in [1.807, 2.05) is 0 Å². The quantitative estimate of drug-likeness (QED) is 0.307. The van der Waals surface area contributed by atoms with Crippen LogP contribution in [0.2, 0.25) is 0 Å². The van der Waals surface area contributed by atoms with Crippen LogP contribution >= 0.6 is 0 Å². The van der Waals surface area contributed by atoms with Crippen molar-refractivity contribution in [2.45, 2.75) is 31.3 Å². The normalized spacial score (nSPS) is 14.2. The van der Waals surface area contributed by atoms with Crippen molar-refractivity contribution in [1.29, 1.82) is 0 Å². The van der Waals surface area contributed by atoms with E-state index in [-0.39, 0.29) is 0 Å². The minimum absolute atomic E-state index is 0.445. The third-order valence-electron chi connectivity index (χ3n) is 2.10. The number of hydrogen-bond donors (Lipinski definition) is 5. The lowest BCUT2D eigenvalue weighted by Crippen LogP contribution is -2.49. The number of aliphatic carboxylic acids is 1. The van der Waals surface area contributed by atoms with Crippen LogP contribution in [0.3, 0.4) is 0 Å². The first-order chi connectivity index (χ1) is 7.52. The molecule has 0 aromatic heterocycles. The number of nitrogens with one attached hydrogen (secondary N) is 1. The minimum atomic E-state index is -1.30. The Morgan fingerprint density at radius 1 is 1.31 bits per heavy atom. The van der Waals surface area contributed by atoms with Gasteiger partial charge >= 0.3 is 5.97 Å². The number of carbonyl (C=O) groups excluding carboxylic acids is 1. The summed E-state index contributed by atoms with van der Waals surface area (Å²) in [6, 6.07) is -2.06. The zero-order valence-corrected chi connectivity index (χ0v) is 9.06. The number of carboxylic acid groups (broad SMARTS) is 1. The lowest BCUT2D eigenvalue weighted by Gasteiger charge is -2.15. The predicted octanol–water partition coefficient (Wildman–Crippen LogP) is -2.00. The molecule has 0 saturated carbocycles. The Labute approximate surface area is 93.8 Å². The number of aliphatic hydroxyl groups is 1. The largest absolute Gasteiger partial charge is 0.480 e. The van der Waals surface area contributed by atoms with E-state index in [1.54, 1.807) is 0 Å². The molecule has 7 heteroatoms. The van der Waals surface area contributed by atoms with Gasteiger partial charge in [0.1, 0.15) is 6.04 Å². The van der Waals surface area contributed by atoms with Crippen molar-refractivity contribution in [3.63, 3.8) is 0 Å². The summed E-state index contributed by atoms with van der Waals surface area (Å²) >= 11 is 0. The minimum Gasteiger partial charge on any atom is -0.480 e. The van der Waals surface area contributed by atoms with Crippen LogP contribution in [0.25, 0.3) is 0 Å². The monoisotopic (exact) mass is 233 g/mol. The number of carboxylic acids is 1. The number of nitrogens with two attached hydrogens (primary N) is 2. The standard InChI is InChI=1S/C9H19N3O4/c10-4-2-1-3-6(11)8(14)12-7(5-13)9(15)16/h6-7,13H,1-5,10-11H2,(H,12,14)(H,15,16)/t6-,7-/m1/s1. The molecule has 0 aromatic carbocycles. The van der Waals surface area contributed by atoms with E-state index < -0.39 is 30.6 Å². The highest BCUT2D eigenvalue weighted by atomic mass is 16.4. The molecule has 0 saturated heterocycles. The second-order valence-corrected chi connectivity index (χ2v) is 3.47. The fourth-order valence-electron chi connectivity index (χ4n) is 1.10. The van der Waals surface area contributed by atoms with Crippen LogP contribution in [-0.2, 0) is 9.59 Å². The molecule has 94 valence electrons. The molecule has 7 N–H and O–H groups in total. The van der Waals surface area contributed by atoms with Gasteiger partial charge in [-0.3, -0.25) is 4.79 Å². The molecule has 2 atom stereocenters. The van der Waals surface area contributed by atoms with Crippen molar-refractivity contribution in [2.75, 3.05) is 13.2 Å². The van der Waals surface area contributed by atoms with Crippen LogP contribution in [0.1, 0.15) is 19.3 Å². The van der Waals surface area contributed by atoms with Crippen LogP contribution in [0.4, 0.5) is 0 Å². The van der Waals surface area contributed by atoms with Crippen LogP contribution in [-0.4, -0.2) is 47.3 Å². The maximum absolute atomic E-state index is 11.4. The number of unbranched alkanes of at least 4 members (excludes halogenated alkanes) is 1. The van der Waals surface area contributed by atoms with Gasteiger partial charge in [0.2, 0.25) is 5.91 Å². The second kappa shape index (κ2) is 8.03. The molecule has 16 heavy (non-hydrogen) atoms. The molecule has 0 aliphatic rings. The van der Waals surface area contributed by atoms with E-state index in [2.05, 4.69) is 5.32 Å². The molecule has 0 heterocycles. The van der Waals surface area contributed by atoms with Crippen molar-refractivity contribution < 1.29 is 19.8 Å². The van der Waals surface area contributed by atoms with Gasteiger partial charge in [-0.2, -0.15) is 0 Å². The zero-order chi connectivity index (χ0) is 12.6. The van der Waals surface area contributed by atoms with Crippen molar-refractivity contribution >= 4 is 11.9 Å². The Morgan fingerprint density at radius 2 is 1.94 bits per heavy atom. The van der Waals surface area contributed by atoms with Crippen molar-refractivity contribution in [3.8, 4) is 0 Å². The van der Waals surface area contributed by atoms with Gasteiger partial charge in [-0.25, -0.2) is 4.79 Å². The maximum Gasteiger partial charge on any atom is 0.328 e. The molecular formula is C9H19N3O4. The SMILES string of the molecule is NCCCC[C@@H](N)C(=O)N[C@H](CO)C(=O)O. The molecular weight excluding hydrogens is 214 g/mol. The average Bonchev–Trinajstić information content (AvgIpc) is 2.25. The molecule has 7 nitrogen and oxygen atoms in total. The van der Waals surface area contributed by atoms with Gasteiger partial charge in [0.05, 0.1) is 12.6 Å². The van der Waals surface area contributed by atoms with Crippen LogP contribution in [0.5, 0.6) is 0 Å². The molecule has 0 fully saturated rings. The Hall–Kier alpha value is -1.18. The zero-order valence-electron chi connectivity index (χ0n) is 9.06. The number of rotatable bonds is 8. The van der Waals surface area contributed by atoms with Gasteiger partial charge in [-0.1, -0.05) is 6.42 Å². The van der Waals surface area contributed by atoms with Gasteiger partial charge in [0.15, 0.2) is 0 Å². The third-order valence-corrected chi connectivity index (χ3v) is 2.10. The summed E-state index contributed by atoms with van der Waals surface area (Å²) in [5.41, 5.74) is 10.8. The molecule has 0 rings (SSSR count). The first-order valence-electron chi connectivity index (χ1n) is 5.12. The highest BCUT2D eigenvalue weighted by Crippen LogP contribution is 1.98. The molecule has 0 radical (unpaired) electrons. The third kappa shape index (κ3) is 5.64. The Morgan fingerprint density at radius 3 is 2.38 bits per heavy atom. The Kier molecular flexibility index (Phi) is 7.44. The fraction of sp³-hybridized carbons (Fsp3) is 0.778. The summed E-state index contributed by atoms with van der Waals surface area (Å²) in [5.74, 6) is -1.86. The van der Waals surface area contributed by atoms with Crippen molar-refractivity contribution in [3.05, 3.63) is 0 Å². The van der Waals surface area contributed by atoms with Crippen LogP contribution < -0.4 is 16.8 Å². The first kappa shape index (κ1) is 14.8. The number of aliphatic hydroxyl groups excluding tert-OH is 1.